The van der Waals surface area contributed by atoms with Gasteiger partial charge in [-0.15, -0.1) is 0 Å². The third kappa shape index (κ3) is 2.58. The maximum Gasteiger partial charge on any atom is 0.335 e. The van der Waals surface area contributed by atoms with Crippen LogP contribution >= 0.6 is 0 Å². The first kappa shape index (κ1) is 12.7. The predicted octanol–water partition coefficient (Wildman–Crippen LogP) is 3.20. The molecule has 0 amide bonds. The molecule has 0 aliphatic carbocycles. The zero-order chi connectivity index (χ0) is 14.0. The van der Waals surface area contributed by atoms with Gasteiger partial charge >= 0.3 is 5.97 Å². The van der Waals surface area contributed by atoms with Crippen LogP contribution in [-0.2, 0) is 0 Å². The summed E-state index contributed by atoms with van der Waals surface area (Å²) in [6.45, 7) is 0. The van der Waals surface area contributed by atoms with Crippen molar-refractivity contribution in [1.29, 1.82) is 5.26 Å². The van der Waals surface area contributed by atoms with E-state index in [1.54, 1.807) is 6.07 Å². The molecule has 0 saturated carbocycles. The van der Waals surface area contributed by atoms with Gasteiger partial charge in [0.15, 0.2) is 0 Å². The molecule has 1 N–H and O–H groups in total. The van der Waals surface area contributed by atoms with Gasteiger partial charge in [-0.25, -0.2) is 13.6 Å². The minimum atomic E-state index is -1.25. The van der Waals surface area contributed by atoms with Crippen LogP contribution in [0.1, 0.15) is 15.9 Å². The quantitative estimate of drug-likeness (QED) is 0.900. The van der Waals surface area contributed by atoms with Crippen LogP contribution in [0, 0.1) is 23.0 Å². The Bertz CT molecular complexity index is 705. The van der Waals surface area contributed by atoms with Gasteiger partial charge in [0, 0.05) is 5.56 Å². The van der Waals surface area contributed by atoms with Crippen molar-refractivity contribution in [1.82, 2.24) is 0 Å². The molecule has 0 spiro atoms. The predicted molar refractivity (Wildman–Crippen MR) is 63.5 cm³/mol. The fourth-order valence-corrected chi connectivity index (χ4v) is 1.69. The van der Waals surface area contributed by atoms with E-state index in [9.17, 15) is 13.6 Å². The van der Waals surface area contributed by atoms with E-state index in [2.05, 4.69) is 0 Å². The molecular formula is C14H7F2NO2. The van der Waals surface area contributed by atoms with Crippen molar-refractivity contribution in [3.05, 3.63) is 59.2 Å². The summed E-state index contributed by atoms with van der Waals surface area (Å²) in [5.41, 5.74) is 0.0989. The number of rotatable bonds is 2. The molecule has 0 fully saturated rings. The van der Waals surface area contributed by atoms with Crippen molar-refractivity contribution >= 4 is 5.97 Å². The Kier molecular flexibility index (Phi) is 3.25. The summed E-state index contributed by atoms with van der Waals surface area (Å²) >= 11 is 0. The lowest BCUT2D eigenvalue weighted by Crippen LogP contribution is -1.98. The second-order valence-corrected chi connectivity index (χ2v) is 3.84. The number of carbonyl (C=O) groups is 1. The molecule has 0 radical (unpaired) electrons. The minimum Gasteiger partial charge on any atom is -0.478 e. The molecule has 0 atom stereocenters. The van der Waals surface area contributed by atoms with Crippen molar-refractivity contribution in [2.75, 3.05) is 0 Å². The van der Waals surface area contributed by atoms with Crippen LogP contribution in [0.5, 0.6) is 0 Å². The Hall–Kier alpha value is -2.74. The zero-order valence-electron chi connectivity index (χ0n) is 9.52. The topological polar surface area (TPSA) is 61.1 Å². The number of nitrogens with zero attached hydrogens (tertiary/aromatic N) is 1. The molecule has 3 nitrogen and oxygen atoms in total. The fourth-order valence-electron chi connectivity index (χ4n) is 1.69. The fraction of sp³-hybridized carbons (Fsp3) is 0. The van der Waals surface area contributed by atoms with Crippen molar-refractivity contribution in [3.63, 3.8) is 0 Å². The number of hydrogen-bond acceptors (Lipinski definition) is 2. The number of hydrogen-bond donors (Lipinski definition) is 1. The number of nitriles is 1. The Morgan fingerprint density at radius 1 is 1.16 bits per heavy atom. The molecule has 2 aromatic carbocycles. The average Bonchev–Trinajstić information content (AvgIpc) is 2.37. The third-order valence-corrected chi connectivity index (χ3v) is 2.55. The van der Waals surface area contributed by atoms with Crippen LogP contribution in [0.2, 0.25) is 0 Å². The lowest BCUT2D eigenvalue weighted by atomic mass is 10.0. The summed E-state index contributed by atoms with van der Waals surface area (Å²) in [4.78, 5) is 10.7. The van der Waals surface area contributed by atoms with Crippen molar-refractivity contribution < 1.29 is 18.7 Å². The van der Waals surface area contributed by atoms with Crippen LogP contribution in [0.15, 0.2) is 36.4 Å². The van der Waals surface area contributed by atoms with Crippen molar-refractivity contribution in [2.24, 2.45) is 0 Å². The highest BCUT2D eigenvalue weighted by Gasteiger charge is 2.11. The molecule has 2 aromatic rings. The maximum absolute atomic E-state index is 13.8. The van der Waals surface area contributed by atoms with Gasteiger partial charge in [-0.1, -0.05) is 6.07 Å². The minimum absolute atomic E-state index is 0.0426. The highest BCUT2D eigenvalue weighted by molar-refractivity contribution is 5.88. The first-order valence-corrected chi connectivity index (χ1v) is 5.25. The molecule has 0 aliphatic rings. The van der Waals surface area contributed by atoms with Crippen molar-refractivity contribution in [2.45, 2.75) is 0 Å². The van der Waals surface area contributed by atoms with Crippen molar-refractivity contribution in [3.8, 4) is 17.2 Å². The second kappa shape index (κ2) is 4.86. The third-order valence-electron chi connectivity index (χ3n) is 2.55. The molecule has 0 bridgehead atoms. The SMILES string of the molecule is N#Cc1cc(F)cc(-c2ccc(C(=O)O)cc2F)c1. The van der Waals surface area contributed by atoms with E-state index >= 15 is 0 Å². The van der Waals surface area contributed by atoms with Gasteiger partial charge in [-0.3, -0.25) is 0 Å². The first-order chi connectivity index (χ1) is 9.01. The number of aromatic carboxylic acids is 1. The van der Waals surface area contributed by atoms with E-state index in [0.29, 0.717) is 0 Å². The van der Waals surface area contributed by atoms with Gasteiger partial charge < -0.3 is 5.11 Å². The molecule has 0 aliphatic heterocycles. The smallest absolute Gasteiger partial charge is 0.335 e. The van der Waals surface area contributed by atoms with Gasteiger partial charge in [-0.2, -0.15) is 5.26 Å². The highest BCUT2D eigenvalue weighted by atomic mass is 19.1. The van der Waals surface area contributed by atoms with E-state index in [-0.39, 0.29) is 22.3 Å². The first-order valence-electron chi connectivity index (χ1n) is 5.25. The second-order valence-electron chi connectivity index (χ2n) is 3.84. The van der Waals surface area contributed by atoms with Crippen LogP contribution in [0.3, 0.4) is 0 Å². The van der Waals surface area contributed by atoms with Crippen LogP contribution in [0.25, 0.3) is 11.1 Å². The molecule has 2 rings (SSSR count). The van der Waals surface area contributed by atoms with E-state index < -0.39 is 17.6 Å². The number of carboxylic acid groups (broad SMARTS) is 1. The summed E-state index contributed by atoms with van der Waals surface area (Å²) < 4.78 is 27.1. The molecular weight excluding hydrogens is 252 g/mol. The molecule has 5 heteroatoms. The van der Waals surface area contributed by atoms with E-state index in [1.807, 2.05) is 0 Å². The van der Waals surface area contributed by atoms with Gasteiger partial charge in [0.25, 0.3) is 0 Å². The average molecular weight is 259 g/mol. The van der Waals surface area contributed by atoms with E-state index in [1.165, 1.54) is 18.2 Å². The Balaban J connectivity index is 2.57. The Labute approximate surface area is 107 Å². The Morgan fingerprint density at radius 2 is 1.89 bits per heavy atom. The van der Waals surface area contributed by atoms with Gasteiger partial charge in [-0.05, 0) is 35.9 Å². The summed E-state index contributed by atoms with van der Waals surface area (Å²) in [6, 6.07) is 8.54. The van der Waals surface area contributed by atoms with Gasteiger partial charge in [0.1, 0.15) is 11.6 Å². The number of carboxylic acids is 1. The molecule has 0 saturated heterocycles. The molecule has 0 heterocycles. The normalized spacial score (nSPS) is 9.95. The van der Waals surface area contributed by atoms with Crippen LogP contribution < -0.4 is 0 Å². The summed E-state index contributed by atoms with van der Waals surface area (Å²) in [5, 5.41) is 17.5. The summed E-state index contributed by atoms with van der Waals surface area (Å²) in [6.07, 6.45) is 0. The standard InChI is InChI=1S/C14H7F2NO2/c15-11-4-8(7-17)3-10(5-11)12-2-1-9(14(18)19)6-13(12)16/h1-6H,(H,18,19). The number of halogens is 2. The summed E-state index contributed by atoms with van der Waals surface area (Å²) in [7, 11) is 0. The lowest BCUT2D eigenvalue weighted by Gasteiger charge is -2.05. The monoisotopic (exact) mass is 259 g/mol. The summed E-state index contributed by atoms with van der Waals surface area (Å²) in [5.74, 6) is -2.69. The molecule has 19 heavy (non-hydrogen) atoms. The van der Waals surface area contributed by atoms with Crippen LogP contribution in [0.4, 0.5) is 8.78 Å². The molecule has 0 aromatic heterocycles. The van der Waals surface area contributed by atoms with Gasteiger partial charge in [0.2, 0.25) is 0 Å². The molecule has 0 unspecified atom stereocenters. The zero-order valence-corrected chi connectivity index (χ0v) is 9.52. The lowest BCUT2D eigenvalue weighted by molar-refractivity contribution is 0.0696. The van der Waals surface area contributed by atoms with Gasteiger partial charge in [0.05, 0.1) is 17.2 Å². The number of benzene rings is 2. The Morgan fingerprint density at radius 3 is 2.47 bits per heavy atom. The maximum atomic E-state index is 13.8. The van der Waals surface area contributed by atoms with E-state index in [0.717, 1.165) is 18.2 Å². The van der Waals surface area contributed by atoms with E-state index in [4.69, 9.17) is 10.4 Å². The largest absolute Gasteiger partial charge is 0.478 e. The molecule has 94 valence electrons. The van der Waals surface area contributed by atoms with Crippen LogP contribution in [-0.4, -0.2) is 11.1 Å². The highest BCUT2D eigenvalue weighted by Crippen LogP contribution is 2.25.